The number of carbonyl (C=O) groups excluding carboxylic acids is 1. The second kappa shape index (κ2) is 8.37. The molecule has 0 aliphatic carbocycles. The average molecular weight is 459 g/mol. The van der Waals surface area contributed by atoms with Crippen LogP contribution >= 0.6 is 11.6 Å². The van der Waals surface area contributed by atoms with Gasteiger partial charge in [0.1, 0.15) is 5.66 Å². The molecule has 1 atom stereocenters. The van der Waals surface area contributed by atoms with Crippen molar-refractivity contribution in [1.29, 1.82) is 0 Å². The molecule has 0 unspecified atom stereocenters. The van der Waals surface area contributed by atoms with Gasteiger partial charge in [-0.2, -0.15) is 0 Å². The van der Waals surface area contributed by atoms with E-state index in [1.165, 1.54) is 0 Å². The number of carbonyl (C=O) groups is 1. The summed E-state index contributed by atoms with van der Waals surface area (Å²) in [5.41, 5.74) is 3.57. The molecule has 5 rings (SSSR count). The Hall–Kier alpha value is -3.64. The van der Waals surface area contributed by atoms with E-state index in [9.17, 15) is 4.79 Å². The topological polar surface area (TPSA) is 57.5 Å². The second-order valence-electron chi connectivity index (χ2n) is 8.07. The van der Waals surface area contributed by atoms with Crippen LogP contribution < -0.4 is 9.91 Å². The fourth-order valence-corrected chi connectivity index (χ4v) is 4.52. The van der Waals surface area contributed by atoms with Crippen molar-refractivity contribution in [2.75, 3.05) is 16.5 Å². The number of esters is 1. The first kappa shape index (κ1) is 21.2. The van der Waals surface area contributed by atoms with Gasteiger partial charge in [0.15, 0.2) is 0 Å². The third-order valence-electron chi connectivity index (χ3n) is 5.86. The highest BCUT2D eigenvalue weighted by Crippen LogP contribution is 2.46. The summed E-state index contributed by atoms with van der Waals surface area (Å²) < 4.78 is 5.39. The van der Waals surface area contributed by atoms with Gasteiger partial charge >= 0.3 is 5.97 Å². The van der Waals surface area contributed by atoms with Crippen LogP contribution in [-0.4, -0.2) is 29.8 Å². The van der Waals surface area contributed by atoms with Gasteiger partial charge in [-0.3, -0.25) is 9.89 Å². The summed E-state index contributed by atoms with van der Waals surface area (Å²) >= 11 is 6.15. The van der Waals surface area contributed by atoms with Crippen LogP contribution in [0.3, 0.4) is 0 Å². The number of hydrogen-bond acceptors (Lipinski definition) is 6. The smallest absolute Gasteiger partial charge is 0.376 e. The molecule has 2 aliphatic rings. The molecular weight excluding hydrogens is 436 g/mol. The van der Waals surface area contributed by atoms with Crippen molar-refractivity contribution in [2.45, 2.75) is 25.9 Å². The molecule has 3 aromatic carbocycles. The predicted octanol–water partition coefficient (Wildman–Crippen LogP) is 5.78. The molecule has 0 aromatic heterocycles. The maximum absolute atomic E-state index is 13.1. The fourth-order valence-electron chi connectivity index (χ4n) is 4.39. The zero-order valence-corrected chi connectivity index (χ0v) is 19.2. The van der Waals surface area contributed by atoms with E-state index in [2.05, 4.69) is 19.1 Å². The molecule has 6 nitrogen and oxygen atoms in total. The molecule has 0 fully saturated rings. The summed E-state index contributed by atoms with van der Waals surface area (Å²) in [6.45, 7) is 4.12. The molecule has 166 valence electrons. The summed E-state index contributed by atoms with van der Waals surface area (Å²) in [5, 5.41) is 7.30. The molecule has 0 amide bonds. The van der Waals surface area contributed by atoms with Gasteiger partial charge in [-0.1, -0.05) is 54.1 Å². The molecule has 3 aromatic rings. The van der Waals surface area contributed by atoms with Crippen LogP contribution in [0.1, 0.15) is 25.8 Å². The predicted molar refractivity (Wildman–Crippen MR) is 133 cm³/mol. The fraction of sp³-hybridized carbons (Fsp3) is 0.192. The van der Waals surface area contributed by atoms with E-state index in [1.807, 2.05) is 76.6 Å². The summed E-state index contributed by atoms with van der Waals surface area (Å²) in [4.78, 5) is 20.1. The number of amidine groups is 1. The third kappa shape index (κ3) is 3.66. The third-order valence-corrected chi connectivity index (χ3v) is 6.11. The Bertz CT molecular complexity index is 1260. The molecule has 7 heteroatoms. The normalized spacial score (nSPS) is 19.2. The molecule has 0 bridgehead atoms. The number of anilines is 2. The van der Waals surface area contributed by atoms with E-state index in [-0.39, 0.29) is 12.4 Å². The minimum atomic E-state index is -0.753. The largest absolute Gasteiger partial charge is 0.460 e. The Morgan fingerprint density at radius 2 is 1.73 bits per heavy atom. The molecule has 0 radical (unpaired) electrons. The van der Waals surface area contributed by atoms with E-state index in [0.29, 0.717) is 11.4 Å². The van der Waals surface area contributed by atoms with Crippen molar-refractivity contribution in [3.63, 3.8) is 0 Å². The number of aliphatic imine (C=N–C) groups is 1. The summed E-state index contributed by atoms with van der Waals surface area (Å²) in [5.74, 6) is -0.246. The van der Waals surface area contributed by atoms with E-state index >= 15 is 0 Å². The summed E-state index contributed by atoms with van der Waals surface area (Å²) in [6.07, 6.45) is 0.515. The van der Waals surface area contributed by atoms with Crippen LogP contribution in [-0.2, 0) is 9.53 Å². The van der Waals surface area contributed by atoms with Crippen LogP contribution in [0.4, 0.5) is 17.1 Å². The first-order valence-corrected chi connectivity index (χ1v) is 11.2. The quantitative estimate of drug-likeness (QED) is 0.465. The van der Waals surface area contributed by atoms with Crippen molar-refractivity contribution >= 4 is 46.2 Å². The van der Waals surface area contributed by atoms with Crippen molar-refractivity contribution < 1.29 is 9.53 Å². The standard InChI is InChI=1S/C26H23ClN4O2/c1-3-33-25(32)24-29-31(20-15-13-19(27)14-16-20)26(2)17-22(18-9-5-4-6-10-18)28-21-11-7-8-12-23(21)30(24)26/h4-16H,3,17H2,1-2H3/t26-/m1/s1. The van der Waals surface area contributed by atoms with E-state index in [1.54, 1.807) is 6.92 Å². The molecular formula is C26H23ClN4O2. The number of ether oxygens (including phenoxy) is 1. The maximum atomic E-state index is 13.1. The molecule has 0 saturated carbocycles. The highest BCUT2D eigenvalue weighted by molar-refractivity contribution is 6.43. The van der Waals surface area contributed by atoms with Crippen molar-refractivity contribution in [2.24, 2.45) is 10.1 Å². The number of rotatable bonds is 4. The molecule has 2 aliphatic heterocycles. The highest BCUT2D eigenvalue weighted by Gasteiger charge is 2.51. The van der Waals surface area contributed by atoms with Gasteiger partial charge in [0.2, 0.25) is 5.84 Å². The van der Waals surface area contributed by atoms with Gasteiger partial charge in [-0.05, 0) is 55.8 Å². The molecule has 2 heterocycles. The molecule has 0 spiro atoms. The number of halogens is 1. The average Bonchev–Trinajstić information content (AvgIpc) is 3.05. The Balaban J connectivity index is 1.72. The molecule has 0 N–H and O–H groups in total. The van der Waals surface area contributed by atoms with Crippen molar-refractivity contribution in [3.8, 4) is 0 Å². The Morgan fingerprint density at radius 3 is 2.45 bits per heavy atom. The van der Waals surface area contributed by atoms with Crippen LogP contribution in [0, 0.1) is 0 Å². The lowest BCUT2D eigenvalue weighted by molar-refractivity contribution is -0.135. The Kier molecular flexibility index (Phi) is 5.38. The lowest BCUT2D eigenvalue weighted by Crippen LogP contribution is -2.56. The van der Waals surface area contributed by atoms with Gasteiger partial charge in [0.05, 0.1) is 29.4 Å². The molecule has 33 heavy (non-hydrogen) atoms. The van der Waals surface area contributed by atoms with Crippen molar-refractivity contribution in [1.82, 2.24) is 0 Å². The number of hydrazone groups is 1. The van der Waals surface area contributed by atoms with Gasteiger partial charge in [-0.15, -0.1) is 5.10 Å². The first-order chi connectivity index (χ1) is 16.0. The second-order valence-corrected chi connectivity index (χ2v) is 8.51. The first-order valence-electron chi connectivity index (χ1n) is 10.8. The van der Waals surface area contributed by atoms with Gasteiger partial charge in [-0.25, -0.2) is 9.80 Å². The van der Waals surface area contributed by atoms with Gasteiger partial charge in [0, 0.05) is 11.4 Å². The van der Waals surface area contributed by atoms with Crippen molar-refractivity contribution in [3.05, 3.63) is 89.4 Å². The lowest BCUT2D eigenvalue weighted by Gasteiger charge is -2.41. The minimum absolute atomic E-state index is 0.228. The van der Waals surface area contributed by atoms with Crippen LogP contribution in [0.5, 0.6) is 0 Å². The number of fused-ring (bicyclic) bond motifs is 3. The van der Waals surface area contributed by atoms with E-state index < -0.39 is 11.6 Å². The van der Waals surface area contributed by atoms with Gasteiger partial charge in [0.25, 0.3) is 0 Å². The zero-order valence-electron chi connectivity index (χ0n) is 18.4. The monoisotopic (exact) mass is 458 g/mol. The van der Waals surface area contributed by atoms with Gasteiger partial charge < -0.3 is 4.74 Å². The molecule has 0 saturated heterocycles. The SMILES string of the molecule is CCOC(=O)C1=NN(c2ccc(Cl)cc2)[C@]2(C)CC(c3ccccc3)=Nc3ccccc3N12. The Labute approximate surface area is 197 Å². The highest BCUT2D eigenvalue weighted by atomic mass is 35.5. The number of hydrogen-bond donors (Lipinski definition) is 0. The summed E-state index contributed by atoms with van der Waals surface area (Å²) in [7, 11) is 0. The van der Waals surface area contributed by atoms with Crippen LogP contribution in [0.25, 0.3) is 0 Å². The van der Waals surface area contributed by atoms with Crippen LogP contribution in [0.2, 0.25) is 5.02 Å². The van der Waals surface area contributed by atoms with E-state index in [0.717, 1.165) is 28.3 Å². The van der Waals surface area contributed by atoms with E-state index in [4.69, 9.17) is 26.4 Å². The lowest BCUT2D eigenvalue weighted by atomic mass is 9.96. The maximum Gasteiger partial charge on any atom is 0.376 e. The minimum Gasteiger partial charge on any atom is -0.460 e. The number of benzene rings is 3. The zero-order chi connectivity index (χ0) is 23.0. The van der Waals surface area contributed by atoms with Crippen LogP contribution in [0.15, 0.2) is 89.0 Å². The number of para-hydroxylation sites is 2. The number of nitrogens with zero attached hydrogens (tertiary/aromatic N) is 4. The Morgan fingerprint density at radius 1 is 1.03 bits per heavy atom. The summed E-state index contributed by atoms with van der Waals surface area (Å²) in [6, 6.07) is 25.3.